The topological polar surface area (TPSA) is 50.9 Å². The van der Waals surface area contributed by atoms with Gasteiger partial charge in [-0.05, 0) is 47.9 Å². The van der Waals surface area contributed by atoms with Crippen LogP contribution in [0.4, 0.5) is 4.39 Å². The number of halogens is 2. The number of aryl methyl sites for hydroxylation is 1. The van der Waals surface area contributed by atoms with Gasteiger partial charge < -0.3 is 0 Å². The monoisotopic (exact) mass is 265 g/mol. The molecule has 1 aromatic heterocycles. The number of hydrazine groups is 1. The van der Waals surface area contributed by atoms with Crippen LogP contribution < -0.4 is 11.3 Å². The second kappa shape index (κ2) is 5.44. The van der Waals surface area contributed by atoms with Crippen LogP contribution in [0.3, 0.4) is 0 Å². The molecular weight excluding hydrogens is 253 g/mol. The summed E-state index contributed by atoms with van der Waals surface area (Å²) in [5, 5.41) is 0.377. The minimum atomic E-state index is -0.318. The lowest BCUT2D eigenvalue weighted by Crippen LogP contribution is -2.29. The van der Waals surface area contributed by atoms with E-state index in [2.05, 4.69) is 10.4 Å². The molecule has 2 aromatic rings. The Morgan fingerprint density at radius 1 is 1.33 bits per heavy atom. The molecule has 3 N–H and O–H groups in total. The summed E-state index contributed by atoms with van der Waals surface area (Å²) in [5.41, 5.74) is 5.24. The smallest absolute Gasteiger partial charge is 0.129 e. The number of hydrogen-bond donors (Lipinski definition) is 2. The SMILES string of the molecule is Cc1ccc(F)cc1C(NN)c1ccnc(Cl)c1. The summed E-state index contributed by atoms with van der Waals surface area (Å²) in [5.74, 6) is 5.27. The number of nitrogens with two attached hydrogens (primary N) is 1. The van der Waals surface area contributed by atoms with Crippen molar-refractivity contribution >= 4 is 11.6 Å². The van der Waals surface area contributed by atoms with Crippen LogP contribution in [0.25, 0.3) is 0 Å². The first kappa shape index (κ1) is 13.0. The van der Waals surface area contributed by atoms with Crippen molar-refractivity contribution in [2.45, 2.75) is 13.0 Å². The zero-order valence-corrected chi connectivity index (χ0v) is 10.6. The normalized spacial score (nSPS) is 12.4. The number of nitrogens with one attached hydrogen (secondary N) is 1. The first-order chi connectivity index (χ1) is 8.61. The molecule has 0 fully saturated rings. The average Bonchev–Trinajstić information content (AvgIpc) is 2.35. The third kappa shape index (κ3) is 2.67. The number of rotatable bonds is 3. The molecule has 0 aliphatic heterocycles. The number of hydrogen-bond acceptors (Lipinski definition) is 3. The van der Waals surface area contributed by atoms with E-state index in [1.165, 1.54) is 12.1 Å². The Labute approximate surface area is 110 Å². The predicted molar refractivity (Wildman–Crippen MR) is 69.6 cm³/mol. The van der Waals surface area contributed by atoms with Crippen molar-refractivity contribution in [3.8, 4) is 0 Å². The summed E-state index contributed by atoms with van der Waals surface area (Å²) in [4.78, 5) is 3.91. The summed E-state index contributed by atoms with van der Waals surface area (Å²) in [6.07, 6.45) is 1.59. The molecule has 0 radical (unpaired) electrons. The molecule has 94 valence electrons. The average molecular weight is 266 g/mol. The molecule has 1 aromatic carbocycles. The summed E-state index contributed by atoms with van der Waals surface area (Å²) in [7, 11) is 0. The van der Waals surface area contributed by atoms with Gasteiger partial charge in [0.25, 0.3) is 0 Å². The van der Waals surface area contributed by atoms with Gasteiger partial charge in [0.15, 0.2) is 0 Å². The van der Waals surface area contributed by atoms with Gasteiger partial charge in [-0.2, -0.15) is 0 Å². The molecule has 1 atom stereocenters. The van der Waals surface area contributed by atoms with Gasteiger partial charge in [0, 0.05) is 6.20 Å². The van der Waals surface area contributed by atoms with Crippen LogP contribution in [0.1, 0.15) is 22.7 Å². The largest absolute Gasteiger partial charge is 0.271 e. The first-order valence-electron chi connectivity index (χ1n) is 5.45. The molecule has 2 rings (SSSR count). The first-order valence-corrected chi connectivity index (χ1v) is 5.83. The van der Waals surface area contributed by atoms with E-state index in [0.717, 1.165) is 16.7 Å². The van der Waals surface area contributed by atoms with Gasteiger partial charge in [-0.1, -0.05) is 17.7 Å². The van der Waals surface area contributed by atoms with E-state index < -0.39 is 0 Å². The molecule has 1 unspecified atom stereocenters. The van der Waals surface area contributed by atoms with Gasteiger partial charge in [-0.25, -0.2) is 14.8 Å². The second-order valence-corrected chi connectivity index (χ2v) is 4.40. The fraction of sp³-hybridized carbons (Fsp3) is 0.154. The molecule has 0 amide bonds. The van der Waals surface area contributed by atoms with Gasteiger partial charge in [0.05, 0.1) is 6.04 Å². The highest BCUT2D eigenvalue weighted by atomic mass is 35.5. The van der Waals surface area contributed by atoms with E-state index in [4.69, 9.17) is 17.4 Å². The zero-order chi connectivity index (χ0) is 13.1. The third-order valence-corrected chi connectivity index (χ3v) is 3.01. The summed E-state index contributed by atoms with van der Waals surface area (Å²) >= 11 is 5.85. The van der Waals surface area contributed by atoms with Crippen LogP contribution in [0.5, 0.6) is 0 Å². The van der Waals surface area contributed by atoms with E-state index in [0.29, 0.717) is 5.15 Å². The molecule has 18 heavy (non-hydrogen) atoms. The van der Waals surface area contributed by atoms with E-state index in [-0.39, 0.29) is 11.9 Å². The Bertz CT molecular complexity index is 560. The van der Waals surface area contributed by atoms with Crippen LogP contribution in [-0.4, -0.2) is 4.98 Å². The van der Waals surface area contributed by atoms with E-state index in [1.54, 1.807) is 24.4 Å². The summed E-state index contributed by atoms with van der Waals surface area (Å²) in [6, 6.07) is 7.79. The Balaban J connectivity index is 2.48. The van der Waals surface area contributed by atoms with Gasteiger partial charge in [-0.15, -0.1) is 0 Å². The lowest BCUT2D eigenvalue weighted by Gasteiger charge is -2.19. The maximum atomic E-state index is 13.3. The van der Waals surface area contributed by atoms with E-state index >= 15 is 0 Å². The molecule has 0 bridgehead atoms. The van der Waals surface area contributed by atoms with Crippen LogP contribution in [0, 0.1) is 12.7 Å². The van der Waals surface area contributed by atoms with E-state index in [9.17, 15) is 4.39 Å². The minimum absolute atomic E-state index is 0.295. The van der Waals surface area contributed by atoms with Crippen LogP contribution in [0.2, 0.25) is 5.15 Å². The van der Waals surface area contributed by atoms with Crippen LogP contribution in [0.15, 0.2) is 36.5 Å². The Hall–Kier alpha value is -1.49. The zero-order valence-electron chi connectivity index (χ0n) is 9.82. The fourth-order valence-electron chi connectivity index (χ4n) is 1.88. The standard InChI is InChI=1S/C13H13ClFN3/c1-8-2-3-10(15)7-11(8)13(18-16)9-4-5-17-12(14)6-9/h2-7,13,18H,16H2,1H3. The molecule has 0 saturated carbocycles. The van der Waals surface area contributed by atoms with Crippen molar-refractivity contribution in [2.75, 3.05) is 0 Å². The number of benzene rings is 1. The maximum absolute atomic E-state index is 13.3. The predicted octanol–water partition coefficient (Wildman–Crippen LogP) is 2.74. The highest BCUT2D eigenvalue weighted by molar-refractivity contribution is 6.29. The highest BCUT2D eigenvalue weighted by Gasteiger charge is 2.15. The summed E-state index contributed by atoms with van der Waals surface area (Å²) in [6.45, 7) is 1.90. The number of aromatic nitrogens is 1. The van der Waals surface area contributed by atoms with Crippen molar-refractivity contribution in [2.24, 2.45) is 5.84 Å². The Morgan fingerprint density at radius 3 is 2.78 bits per heavy atom. The lowest BCUT2D eigenvalue weighted by molar-refractivity contribution is 0.602. The minimum Gasteiger partial charge on any atom is -0.271 e. The second-order valence-electron chi connectivity index (χ2n) is 4.01. The highest BCUT2D eigenvalue weighted by Crippen LogP contribution is 2.25. The molecule has 0 saturated heterocycles. The molecule has 5 heteroatoms. The summed E-state index contributed by atoms with van der Waals surface area (Å²) < 4.78 is 13.3. The molecule has 3 nitrogen and oxygen atoms in total. The van der Waals surface area contributed by atoms with Crippen molar-refractivity contribution in [3.05, 3.63) is 64.2 Å². The lowest BCUT2D eigenvalue weighted by atomic mass is 9.96. The van der Waals surface area contributed by atoms with Gasteiger partial charge in [0.2, 0.25) is 0 Å². The third-order valence-electron chi connectivity index (χ3n) is 2.80. The fourth-order valence-corrected chi connectivity index (χ4v) is 2.07. The number of nitrogens with zero attached hydrogens (tertiary/aromatic N) is 1. The number of pyridine rings is 1. The Kier molecular flexibility index (Phi) is 3.91. The molecule has 1 heterocycles. The van der Waals surface area contributed by atoms with Crippen LogP contribution >= 0.6 is 11.6 Å². The maximum Gasteiger partial charge on any atom is 0.129 e. The van der Waals surface area contributed by atoms with Gasteiger partial charge in [-0.3, -0.25) is 5.84 Å². The molecule has 0 aliphatic rings. The Morgan fingerprint density at radius 2 is 2.11 bits per heavy atom. The van der Waals surface area contributed by atoms with Crippen molar-refractivity contribution in [1.82, 2.24) is 10.4 Å². The quantitative estimate of drug-likeness (QED) is 0.510. The van der Waals surface area contributed by atoms with Crippen molar-refractivity contribution < 1.29 is 4.39 Å². The molecule has 0 spiro atoms. The van der Waals surface area contributed by atoms with Crippen LogP contribution in [-0.2, 0) is 0 Å². The van der Waals surface area contributed by atoms with Gasteiger partial charge in [0.1, 0.15) is 11.0 Å². The molecule has 0 aliphatic carbocycles. The van der Waals surface area contributed by atoms with Crippen molar-refractivity contribution in [1.29, 1.82) is 0 Å². The van der Waals surface area contributed by atoms with Gasteiger partial charge >= 0.3 is 0 Å². The van der Waals surface area contributed by atoms with Crippen molar-refractivity contribution in [3.63, 3.8) is 0 Å². The van der Waals surface area contributed by atoms with E-state index in [1.807, 2.05) is 6.92 Å². The molecular formula is C13H13ClFN3.